The van der Waals surface area contributed by atoms with Crippen LogP contribution in [0.25, 0.3) is 0 Å². The Hall–Kier alpha value is -0.360. The van der Waals surface area contributed by atoms with Crippen LogP contribution in [0.5, 0.6) is 0 Å². The second-order valence-electron chi connectivity index (χ2n) is 18.2. The summed E-state index contributed by atoms with van der Waals surface area (Å²) in [6.07, 6.45) is 2.89. The van der Waals surface area contributed by atoms with Gasteiger partial charge in [-0.15, -0.1) is 0 Å². The van der Waals surface area contributed by atoms with Crippen molar-refractivity contribution in [3.05, 3.63) is 0 Å². The molecule has 258 valence electrons. The van der Waals surface area contributed by atoms with E-state index in [1.54, 1.807) is 0 Å². The zero-order chi connectivity index (χ0) is 32.5. The van der Waals surface area contributed by atoms with E-state index in [9.17, 15) is 30.6 Å². The van der Waals surface area contributed by atoms with Gasteiger partial charge in [0.1, 0.15) is 24.4 Å². The summed E-state index contributed by atoms with van der Waals surface area (Å²) in [4.78, 5) is 0. The molecule has 6 N–H and O–H groups in total. The fourth-order valence-electron chi connectivity index (χ4n) is 13.5. The SMILES string of the molecule is C[C@@H]([C@H]1[C@@H](O)C[C@@]2(C)[C@@H]3CC[C@H]4[C@](C)(CO[C@@H]5O[C@H](CO)[C@@H](O)[C@H](O)[C@H]5O)[C@@H](O)CC[C@@]45C[C@@]35CC[C@]12C)[C@@H]1CCC(C)(C)O1. The van der Waals surface area contributed by atoms with E-state index in [2.05, 4.69) is 41.5 Å². The molecule has 0 aromatic carbocycles. The van der Waals surface area contributed by atoms with Crippen molar-refractivity contribution in [3.8, 4) is 0 Å². The zero-order valence-electron chi connectivity index (χ0n) is 28.3. The highest BCUT2D eigenvalue weighted by atomic mass is 16.7. The molecule has 9 heteroatoms. The second kappa shape index (κ2) is 10.6. The third-order valence-corrected chi connectivity index (χ3v) is 16.0. The van der Waals surface area contributed by atoms with Crippen LogP contribution in [0.15, 0.2) is 0 Å². The summed E-state index contributed by atoms with van der Waals surface area (Å²) in [6, 6.07) is 0. The van der Waals surface area contributed by atoms with Crippen molar-refractivity contribution in [1.29, 1.82) is 0 Å². The highest BCUT2D eigenvalue weighted by Crippen LogP contribution is 2.89. The molecule has 9 nitrogen and oxygen atoms in total. The van der Waals surface area contributed by atoms with Crippen molar-refractivity contribution in [2.75, 3.05) is 13.2 Å². The summed E-state index contributed by atoms with van der Waals surface area (Å²) in [5, 5.41) is 64.2. The van der Waals surface area contributed by atoms with Crippen molar-refractivity contribution in [2.24, 2.45) is 50.7 Å². The standard InChI is InChI=1S/C36H60O9/c1-19(21-9-11-31(2,3)45-21)26-20(38)15-34(6)24-8-7-23-32(4,18-43-30-29(42)28(41)27(40)22(16-37)44-30)25(39)10-12-35(23)17-36(24,35)14-13-33(26,34)5/h19-30,37-42H,7-18H2,1-6H3/t19-,20+,21+,22-,23+,24+,25+,26+,27-,28+,29-,30-,32+,33-,34+,35-,36+/m1/s1. The number of rotatable bonds is 6. The van der Waals surface area contributed by atoms with Crippen LogP contribution in [-0.2, 0) is 14.2 Å². The van der Waals surface area contributed by atoms with Gasteiger partial charge in [0.2, 0.25) is 0 Å². The average Bonchev–Trinajstić information content (AvgIpc) is 3.43. The molecule has 17 atom stereocenters. The first-order valence-corrected chi connectivity index (χ1v) is 18.0. The van der Waals surface area contributed by atoms with Crippen molar-refractivity contribution >= 4 is 0 Å². The van der Waals surface area contributed by atoms with Gasteiger partial charge in [0.05, 0.1) is 37.1 Å². The summed E-state index contributed by atoms with van der Waals surface area (Å²) in [6.45, 7) is 13.5. The van der Waals surface area contributed by atoms with Gasteiger partial charge in [0.25, 0.3) is 0 Å². The Kier molecular flexibility index (Phi) is 7.79. The second-order valence-corrected chi connectivity index (χ2v) is 18.2. The predicted octanol–water partition coefficient (Wildman–Crippen LogP) is 3.15. The van der Waals surface area contributed by atoms with Gasteiger partial charge in [-0.1, -0.05) is 27.7 Å². The van der Waals surface area contributed by atoms with Gasteiger partial charge >= 0.3 is 0 Å². The monoisotopic (exact) mass is 636 g/mol. The van der Waals surface area contributed by atoms with Crippen molar-refractivity contribution < 1.29 is 44.8 Å². The molecule has 0 bridgehead atoms. The molecule has 2 aliphatic heterocycles. The van der Waals surface area contributed by atoms with Crippen LogP contribution < -0.4 is 0 Å². The Morgan fingerprint density at radius 1 is 0.778 bits per heavy atom. The molecule has 2 heterocycles. The van der Waals surface area contributed by atoms with E-state index in [1.807, 2.05) is 0 Å². The van der Waals surface area contributed by atoms with Crippen molar-refractivity contribution in [1.82, 2.24) is 0 Å². The molecule has 2 saturated heterocycles. The Morgan fingerprint density at radius 3 is 2.13 bits per heavy atom. The fourth-order valence-corrected chi connectivity index (χ4v) is 13.5. The van der Waals surface area contributed by atoms with Crippen LogP contribution in [-0.4, -0.2) is 98.5 Å². The maximum absolute atomic E-state index is 11.8. The molecular weight excluding hydrogens is 576 g/mol. The Morgan fingerprint density at radius 2 is 1.47 bits per heavy atom. The average molecular weight is 637 g/mol. The minimum Gasteiger partial charge on any atom is -0.394 e. The van der Waals surface area contributed by atoms with Gasteiger partial charge in [-0.3, -0.25) is 0 Å². The van der Waals surface area contributed by atoms with Crippen LogP contribution >= 0.6 is 0 Å². The lowest BCUT2D eigenvalue weighted by Gasteiger charge is -2.63. The topological polar surface area (TPSA) is 149 Å². The van der Waals surface area contributed by atoms with Crippen LogP contribution in [0.1, 0.15) is 106 Å². The number of ether oxygens (including phenoxy) is 3. The minimum atomic E-state index is -1.49. The maximum Gasteiger partial charge on any atom is 0.186 e. The Labute approximate surface area is 269 Å². The maximum atomic E-state index is 11.8. The lowest BCUT2D eigenvalue weighted by Crippen LogP contribution is -2.61. The molecule has 0 radical (unpaired) electrons. The van der Waals surface area contributed by atoms with Gasteiger partial charge in [-0.25, -0.2) is 0 Å². The lowest BCUT2D eigenvalue weighted by molar-refractivity contribution is -0.312. The summed E-state index contributed by atoms with van der Waals surface area (Å²) >= 11 is 0. The summed E-state index contributed by atoms with van der Waals surface area (Å²) < 4.78 is 18.4. The van der Waals surface area contributed by atoms with E-state index in [4.69, 9.17) is 14.2 Å². The van der Waals surface area contributed by atoms with Crippen molar-refractivity contribution in [3.63, 3.8) is 0 Å². The summed E-state index contributed by atoms with van der Waals surface area (Å²) in [7, 11) is 0. The first-order valence-electron chi connectivity index (χ1n) is 18.0. The normalized spacial score (nSPS) is 59.1. The molecule has 5 saturated carbocycles. The molecule has 0 aromatic heterocycles. The Balaban J connectivity index is 1.12. The van der Waals surface area contributed by atoms with E-state index in [0.29, 0.717) is 18.3 Å². The highest BCUT2D eigenvalue weighted by molar-refractivity contribution is 5.31. The van der Waals surface area contributed by atoms with E-state index in [0.717, 1.165) is 51.4 Å². The minimum absolute atomic E-state index is 0.0332. The van der Waals surface area contributed by atoms with E-state index in [-0.39, 0.29) is 57.9 Å². The zero-order valence-corrected chi connectivity index (χ0v) is 28.3. The third kappa shape index (κ3) is 4.37. The largest absolute Gasteiger partial charge is 0.394 e. The quantitative estimate of drug-likeness (QED) is 0.259. The van der Waals surface area contributed by atoms with Gasteiger partial charge in [-0.05, 0) is 123 Å². The fraction of sp³-hybridized carbons (Fsp3) is 1.00. The molecule has 5 aliphatic carbocycles. The number of aliphatic hydroxyl groups is 6. The van der Waals surface area contributed by atoms with Crippen LogP contribution in [0.2, 0.25) is 0 Å². The molecule has 0 unspecified atom stereocenters. The molecule has 2 spiro atoms. The number of fused-ring (bicyclic) bond motifs is 2. The predicted molar refractivity (Wildman–Crippen MR) is 166 cm³/mol. The molecule has 7 rings (SSSR count). The molecular formula is C36H60O9. The van der Waals surface area contributed by atoms with Crippen LogP contribution in [0.3, 0.4) is 0 Å². The molecule has 0 amide bonds. The van der Waals surface area contributed by atoms with Crippen LogP contribution in [0, 0.1) is 50.7 Å². The molecule has 45 heavy (non-hydrogen) atoms. The van der Waals surface area contributed by atoms with Crippen LogP contribution in [0.4, 0.5) is 0 Å². The van der Waals surface area contributed by atoms with Gasteiger partial charge in [0, 0.05) is 5.41 Å². The van der Waals surface area contributed by atoms with Gasteiger partial charge in [-0.2, -0.15) is 0 Å². The first kappa shape index (κ1) is 33.2. The third-order valence-electron chi connectivity index (χ3n) is 16.0. The van der Waals surface area contributed by atoms with Gasteiger partial charge < -0.3 is 44.8 Å². The molecule has 7 fully saturated rings. The summed E-state index contributed by atoms with van der Waals surface area (Å²) in [5.41, 5.74) is -0.249. The van der Waals surface area contributed by atoms with Gasteiger partial charge in [0.15, 0.2) is 6.29 Å². The van der Waals surface area contributed by atoms with E-state index >= 15 is 0 Å². The van der Waals surface area contributed by atoms with E-state index < -0.39 is 48.8 Å². The highest BCUT2D eigenvalue weighted by Gasteiger charge is 2.83. The van der Waals surface area contributed by atoms with E-state index in [1.165, 1.54) is 6.42 Å². The molecule has 7 aliphatic rings. The number of aliphatic hydroxyl groups excluding tert-OH is 6. The Bertz CT molecular complexity index is 1150. The smallest absolute Gasteiger partial charge is 0.186 e. The molecule has 0 aromatic rings. The number of hydrogen-bond donors (Lipinski definition) is 6. The lowest BCUT2D eigenvalue weighted by atomic mass is 9.41. The van der Waals surface area contributed by atoms with Crippen molar-refractivity contribution in [2.45, 2.75) is 160 Å². The number of hydrogen-bond acceptors (Lipinski definition) is 9. The summed E-state index contributed by atoms with van der Waals surface area (Å²) in [5.74, 6) is 1.30. The first-order chi connectivity index (χ1) is 21.0.